The molecule has 0 spiro atoms. The molecule has 0 saturated heterocycles. The molecule has 3 heterocycles. The van der Waals surface area contributed by atoms with Gasteiger partial charge in [-0.1, -0.05) is 17.7 Å². The van der Waals surface area contributed by atoms with Crippen LogP contribution in [-0.4, -0.2) is 40.0 Å². The number of pyridine rings is 1. The molecular weight excluding hydrogens is 366 g/mol. The molecule has 1 amide bonds. The van der Waals surface area contributed by atoms with Crippen molar-refractivity contribution in [1.29, 1.82) is 0 Å². The molecule has 0 unspecified atom stereocenters. The summed E-state index contributed by atoms with van der Waals surface area (Å²) in [5.74, 6) is -0.139. The van der Waals surface area contributed by atoms with Crippen LogP contribution in [0.3, 0.4) is 0 Å². The number of nitrogens with one attached hydrogen (secondary N) is 2. The SMILES string of the molecule is Cc1ccc(N2N=CCN2)c(C(=O)NCCn2ccc(-c3cccc(C)n3)n2)c1. The van der Waals surface area contributed by atoms with E-state index in [1.54, 1.807) is 11.3 Å². The molecule has 3 aromatic rings. The van der Waals surface area contributed by atoms with Gasteiger partial charge in [0.1, 0.15) is 5.69 Å². The number of carbonyl (C=O) groups excluding carboxylic acids is 1. The normalized spacial score (nSPS) is 13.1. The molecule has 148 valence electrons. The quantitative estimate of drug-likeness (QED) is 0.676. The lowest BCUT2D eigenvalue weighted by molar-refractivity contribution is 0.0952. The maximum Gasteiger partial charge on any atom is 0.253 e. The molecule has 0 aliphatic carbocycles. The summed E-state index contributed by atoms with van der Waals surface area (Å²) in [6, 6.07) is 13.5. The van der Waals surface area contributed by atoms with Crippen LogP contribution in [0.1, 0.15) is 21.6 Å². The molecule has 4 rings (SSSR count). The molecule has 0 bridgehead atoms. The van der Waals surface area contributed by atoms with Gasteiger partial charge >= 0.3 is 0 Å². The van der Waals surface area contributed by atoms with E-state index in [1.165, 1.54) is 0 Å². The highest BCUT2D eigenvalue weighted by Crippen LogP contribution is 2.22. The Balaban J connectivity index is 1.40. The number of carbonyl (C=O) groups is 1. The van der Waals surface area contributed by atoms with E-state index < -0.39 is 0 Å². The van der Waals surface area contributed by atoms with Crippen molar-refractivity contribution in [3.63, 3.8) is 0 Å². The Morgan fingerprint density at radius 2 is 2.07 bits per heavy atom. The summed E-state index contributed by atoms with van der Waals surface area (Å²) < 4.78 is 1.81. The standard InChI is InChI=1S/C21H23N7O/c1-15-6-7-20(28-23-9-10-24-28)17(14-15)21(29)22-11-13-27-12-8-19(26-27)18-5-3-4-16(2)25-18/h3-9,12,14,24H,10-11,13H2,1-2H3,(H,22,29). The number of aromatic nitrogens is 3. The van der Waals surface area contributed by atoms with Gasteiger partial charge in [-0.15, -0.1) is 0 Å². The monoisotopic (exact) mass is 389 g/mol. The van der Waals surface area contributed by atoms with Crippen LogP contribution >= 0.6 is 0 Å². The Morgan fingerprint density at radius 1 is 1.17 bits per heavy atom. The highest BCUT2D eigenvalue weighted by Gasteiger charge is 2.18. The smallest absolute Gasteiger partial charge is 0.253 e. The second-order valence-corrected chi connectivity index (χ2v) is 6.88. The maximum atomic E-state index is 12.8. The first kappa shape index (κ1) is 18.8. The number of anilines is 1. The third-order valence-corrected chi connectivity index (χ3v) is 4.57. The molecule has 0 saturated carbocycles. The van der Waals surface area contributed by atoms with E-state index in [-0.39, 0.29) is 5.91 Å². The molecule has 2 aromatic heterocycles. The average molecular weight is 389 g/mol. The van der Waals surface area contributed by atoms with Gasteiger partial charge in [0.2, 0.25) is 0 Å². The highest BCUT2D eigenvalue weighted by molar-refractivity contribution is 6.00. The third-order valence-electron chi connectivity index (χ3n) is 4.57. The van der Waals surface area contributed by atoms with Crippen LogP contribution in [0.25, 0.3) is 11.4 Å². The second kappa shape index (κ2) is 8.24. The number of aryl methyl sites for hydroxylation is 2. The number of hydrogen-bond donors (Lipinski definition) is 2. The molecule has 1 aliphatic rings. The van der Waals surface area contributed by atoms with Crippen molar-refractivity contribution < 1.29 is 4.79 Å². The number of amides is 1. The number of benzene rings is 1. The first-order valence-corrected chi connectivity index (χ1v) is 9.52. The topological polar surface area (TPSA) is 87.4 Å². The van der Waals surface area contributed by atoms with E-state index in [0.29, 0.717) is 25.2 Å². The molecule has 1 aliphatic heterocycles. The fourth-order valence-electron chi connectivity index (χ4n) is 3.14. The maximum absolute atomic E-state index is 12.8. The van der Waals surface area contributed by atoms with Gasteiger partial charge in [0.15, 0.2) is 0 Å². The third kappa shape index (κ3) is 4.33. The van der Waals surface area contributed by atoms with Crippen molar-refractivity contribution in [1.82, 2.24) is 25.5 Å². The number of hydrazone groups is 1. The van der Waals surface area contributed by atoms with E-state index in [1.807, 2.05) is 67.2 Å². The summed E-state index contributed by atoms with van der Waals surface area (Å²) in [5.41, 5.74) is 8.05. The summed E-state index contributed by atoms with van der Waals surface area (Å²) in [7, 11) is 0. The van der Waals surface area contributed by atoms with Crippen molar-refractivity contribution >= 4 is 17.8 Å². The molecule has 0 fully saturated rings. The van der Waals surface area contributed by atoms with Crippen molar-refractivity contribution in [3.8, 4) is 11.4 Å². The van der Waals surface area contributed by atoms with Gasteiger partial charge in [-0.3, -0.25) is 14.5 Å². The van der Waals surface area contributed by atoms with E-state index in [9.17, 15) is 4.79 Å². The molecule has 8 heteroatoms. The minimum absolute atomic E-state index is 0.139. The van der Waals surface area contributed by atoms with E-state index in [2.05, 4.69) is 25.9 Å². The number of hydrogen-bond acceptors (Lipinski definition) is 6. The number of rotatable bonds is 6. The minimum atomic E-state index is -0.139. The van der Waals surface area contributed by atoms with Gasteiger partial charge in [0, 0.05) is 24.7 Å². The van der Waals surface area contributed by atoms with Crippen LogP contribution in [-0.2, 0) is 6.54 Å². The predicted molar refractivity (Wildman–Crippen MR) is 113 cm³/mol. The second-order valence-electron chi connectivity index (χ2n) is 6.88. The zero-order chi connectivity index (χ0) is 20.2. The molecule has 8 nitrogen and oxygen atoms in total. The summed E-state index contributed by atoms with van der Waals surface area (Å²) in [5, 5.41) is 13.4. The van der Waals surface area contributed by atoms with Crippen molar-refractivity contribution in [2.75, 3.05) is 18.2 Å². The lowest BCUT2D eigenvalue weighted by atomic mass is 10.1. The van der Waals surface area contributed by atoms with E-state index in [4.69, 9.17) is 0 Å². The molecule has 0 atom stereocenters. The fraction of sp³-hybridized carbons (Fsp3) is 0.238. The van der Waals surface area contributed by atoms with Crippen LogP contribution in [0.2, 0.25) is 0 Å². The Bertz CT molecular complexity index is 1060. The summed E-state index contributed by atoms with van der Waals surface area (Å²) >= 11 is 0. The van der Waals surface area contributed by atoms with Crippen LogP contribution < -0.4 is 15.9 Å². The molecule has 2 N–H and O–H groups in total. The van der Waals surface area contributed by atoms with Crippen LogP contribution in [0.5, 0.6) is 0 Å². The summed E-state index contributed by atoms with van der Waals surface area (Å²) in [6.07, 6.45) is 3.66. The first-order chi connectivity index (χ1) is 14.1. The van der Waals surface area contributed by atoms with Crippen LogP contribution in [0, 0.1) is 13.8 Å². The van der Waals surface area contributed by atoms with Gasteiger partial charge in [-0.05, 0) is 44.2 Å². The van der Waals surface area contributed by atoms with Gasteiger partial charge in [0.25, 0.3) is 5.91 Å². The van der Waals surface area contributed by atoms with Crippen LogP contribution in [0.15, 0.2) is 53.8 Å². The fourth-order valence-corrected chi connectivity index (χ4v) is 3.14. The zero-order valence-electron chi connectivity index (χ0n) is 16.5. The summed E-state index contributed by atoms with van der Waals surface area (Å²) in [4.78, 5) is 17.3. The molecule has 0 radical (unpaired) electrons. The molecule has 29 heavy (non-hydrogen) atoms. The minimum Gasteiger partial charge on any atom is -0.350 e. The molecular formula is C21H23N7O. The van der Waals surface area contributed by atoms with Gasteiger partial charge in [0.05, 0.1) is 30.0 Å². The Kier molecular flexibility index (Phi) is 5.35. The Morgan fingerprint density at radius 3 is 2.86 bits per heavy atom. The van der Waals surface area contributed by atoms with Crippen LogP contribution in [0.4, 0.5) is 5.69 Å². The lowest BCUT2D eigenvalue weighted by Gasteiger charge is -2.18. The predicted octanol–water partition coefficient (Wildman–Crippen LogP) is 2.30. The van der Waals surface area contributed by atoms with E-state index in [0.717, 1.165) is 28.3 Å². The highest BCUT2D eigenvalue weighted by atomic mass is 16.1. The summed E-state index contributed by atoms with van der Waals surface area (Å²) in [6.45, 7) is 5.60. The molecule has 1 aromatic carbocycles. The Labute approximate surface area is 169 Å². The van der Waals surface area contributed by atoms with Gasteiger partial charge < -0.3 is 5.32 Å². The van der Waals surface area contributed by atoms with Crippen molar-refractivity contribution in [2.24, 2.45) is 5.10 Å². The average Bonchev–Trinajstić information content (AvgIpc) is 3.40. The van der Waals surface area contributed by atoms with Gasteiger partial charge in [-0.25, -0.2) is 5.43 Å². The number of nitrogens with zero attached hydrogens (tertiary/aromatic N) is 5. The Hall–Kier alpha value is -3.52. The number of hydrazine groups is 1. The zero-order valence-corrected chi connectivity index (χ0v) is 16.5. The van der Waals surface area contributed by atoms with Crippen molar-refractivity contribution in [3.05, 3.63) is 65.5 Å². The lowest BCUT2D eigenvalue weighted by Crippen LogP contribution is -2.33. The van der Waals surface area contributed by atoms with E-state index >= 15 is 0 Å². The first-order valence-electron chi connectivity index (χ1n) is 9.52. The largest absolute Gasteiger partial charge is 0.350 e. The van der Waals surface area contributed by atoms with Crippen molar-refractivity contribution in [2.45, 2.75) is 20.4 Å². The van der Waals surface area contributed by atoms with Gasteiger partial charge in [-0.2, -0.15) is 15.3 Å².